The van der Waals surface area contributed by atoms with Crippen LogP contribution in [0.1, 0.15) is 39.8 Å². The van der Waals surface area contributed by atoms with E-state index in [2.05, 4.69) is 27.3 Å². The highest BCUT2D eigenvalue weighted by atomic mass is 32.2. The lowest BCUT2D eigenvalue weighted by atomic mass is 10.1. The summed E-state index contributed by atoms with van der Waals surface area (Å²) in [4.78, 5) is 19.7. The van der Waals surface area contributed by atoms with Crippen molar-refractivity contribution in [3.05, 3.63) is 53.7 Å². The van der Waals surface area contributed by atoms with Gasteiger partial charge in [-0.1, -0.05) is 12.1 Å². The molecular formula is C20H23N3OS2. The summed E-state index contributed by atoms with van der Waals surface area (Å²) < 4.78 is 0.481. The molecule has 0 bridgehead atoms. The third-order valence-corrected chi connectivity index (χ3v) is 7.83. The van der Waals surface area contributed by atoms with Gasteiger partial charge in [-0.3, -0.25) is 4.79 Å². The highest BCUT2D eigenvalue weighted by molar-refractivity contribution is 8.19. The molecular weight excluding hydrogens is 362 g/mol. The van der Waals surface area contributed by atoms with Gasteiger partial charge in [0.1, 0.15) is 5.82 Å². The quantitative estimate of drug-likeness (QED) is 0.819. The highest BCUT2D eigenvalue weighted by Crippen LogP contribution is 2.45. The maximum atomic E-state index is 12.9. The van der Waals surface area contributed by atoms with Crippen molar-refractivity contribution in [1.82, 2.24) is 4.98 Å². The van der Waals surface area contributed by atoms with Crippen molar-refractivity contribution in [2.24, 2.45) is 0 Å². The minimum Gasteiger partial charge on any atom is -0.356 e. The van der Waals surface area contributed by atoms with Crippen molar-refractivity contribution in [1.29, 1.82) is 0 Å². The first-order valence-corrected chi connectivity index (χ1v) is 11.3. The molecule has 1 amide bonds. The van der Waals surface area contributed by atoms with Gasteiger partial charge < -0.3 is 10.2 Å². The number of hydrogen-bond acceptors (Lipinski definition) is 5. The predicted molar refractivity (Wildman–Crippen MR) is 112 cm³/mol. The Morgan fingerprint density at radius 1 is 1.08 bits per heavy atom. The van der Waals surface area contributed by atoms with Gasteiger partial charge in [-0.05, 0) is 49.1 Å². The predicted octanol–water partition coefficient (Wildman–Crippen LogP) is 4.80. The molecule has 1 aromatic heterocycles. The topological polar surface area (TPSA) is 45.2 Å². The Bertz CT molecular complexity index is 771. The van der Waals surface area contributed by atoms with Crippen LogP contribution in [0.5, 0.6) is 0 Å². The van der Waals surface area contributed by atoms with Crippen LogP contribution < -0.4 is 10.2 Å². The van der Waals surface area contributed by atoms with Crippen LogP contribution in [0, 0.1) is 0 Å². The van der Waals surface area contributed by atoms with Crippen LogP contribution in [0.2, 0.25) is 0 Å². The normalized spacial score (nSPS) is 18.1. The highest BCUT2D eigenvalue weighted by Gasteiger charge is 2.21. The number of piperidine rings is 1. The second-order valence-electron chi connectivity index (χ2n) is 6.58. The number of nitrogens with one attached hydrogen (secondary N) is 1. The average molecular weight is 386 g/mol. The second-order valence-corrected chi connectivity index (χ2v) is 9.30. The fourth-order valence-electron chi connectivity index (χ4n) is 3.44. The van der Waals surface area contributed by atoms with E-state index in [0.29, 0.717) is 10.1 Å². The summed E-state index contributed by atoms with van der Waals surface area (Å²) in [7, 11) is 0. The molecule has 6 heteroatoms. The SMILES string of the molecule is O=C(Nc1cccc(C2SCCS2)c1)c1cccnc1N1CCCCC1. The number of anilines is 2. The summed E-state index contributed by atoms with van der Waals surface area (Å²) in [6, 6.07) is 11.9. The van der Waals surface area contributed by atoms with Crippen molar-refractivity contribution < 1.29 is 4.79 Å². The maximum Gasteiger partial charge on any atom is 0.259 e. The number of rotatable bonds is 4. The number of carbonyl (C=O) groups is 1. The lowest BCUT2D eigenvalue weighted by molar-refractivity contribution is 0.102. The van der Waals surface area contributed by atoms with E-state index in [1.165, 1.54) is 23.5 Å². The lowest BCUT2D eigenvalue weighted by Crippen LogP contribution is -2.32. The fraction of sp³-hybridized carbons (Fsp3) is 0.400. The molecule has 0 saturated carbocycles. The van der Waals surface area contributed by atoms with Crippen molar-refractivity contribution in [3.63, 3.8) is 0 Å². The van der Waals surface area contributed by atoms with Gasteiger partial charge in [0.25, 0.3) is 5.91 Å². The summed E-state index contributed by atoms with van der Waals surface area (Å²) in [6.07, 6.45) is 5.36. The van der Waals surface area contributed by atoms with Gasteiger partial charge in [0.15, 0.2) is 0 Å². The number of hydrogen-bond donors (Lipinski definition) is 1. The van der Waals surface area contributed by atoms with E-state index in [0.717, 1.165) is 37.4 Å². The summed E-state index contributed by atoms with van der Waals surface area (Å²) >= 11 is 3.95. The Balaban J connectivity index is 1.52. The summed E-state index contributed by atoms with van der Waals surface area (Å²) in [6.45, 7) is 1.95. The molecule has 136 valence electrons. The molecule has 0 radical (unpaired) electrons. The number of amides is 1. The van der Waals surface area contributed by atoms with Crippen molar-refractivity contribution in [2.75, 3.05) is 34.8 Å². The Hall–Kier alpha value is -1.66. The molecule has 2 aromatic rings. The van der Waals surface area contributed by atoms with Crippen LogP contribution >= 0.6 is 23.5 Å². The van der Waals surface area contributed by atoms with E-state index >= 15 is 0 Å². The van der Waals surface area contributed by atoms with Gasteiger partial charge in [0, 0.05) is 36.5 Å². The molecule has 0 atom stereocenters. The van der Waals surface area contributed by atoms with E-state index in [4.69, 9.17) is 0 Å². The van der Waals surface area contributed by atoms with E-state index < -0.39 is 0 Å². The molecule has 2 aliphatic heterocycles. The maximum absolute atomic E-state index is 12.9. The van der Waals surface area contributed by atoms with Crippen molar-refractivity contribution in [3.8, 4) is 0 Å². The lowest BCUT2D eigenvalue weighted by Gasteiger charge is -2.29. The van der Waals surface area contributed by atoms with Gasteiger partial charge >= 0.3 is 0 Å². The summed E-state index contributed by atoms with van der Waals surface area (Å²) in [5, 5.41) is 3.08. The molecule has 1 aromatic carbocycles. The van der Waals surface area contributed by atoms with Crippen LogP contribution in [0.3, 0.4) is 0 Å². The fourth-order valence-corrected chi connectivity index (χ4v) is 6.28. The Kier molecular flexibility index (Phi) is 5.70. The third-order valence-electron chi connectivity index (χ3n) is 4.73. The second kappa shape index (κ2) is 8.35. The molecule has 0 spiro atoms. The molecule has 0 aliphatic carbocycles. The number of nitrogens with zero attached hydrogens (tertiary/aromatic N) is 2. The first-order chi connectivity index (χ1) is 12.8. The molecule has 2 saturated heterocycles. The molecule has 4 rings (SSSR count). The minimum atomic E-state index is -0.0810. The van der Waals surface area contributed by atoms with Gasteiger partial charge in [0.05, 0.1) is 10.1 Å². The average Bonchev–Trinajstić information content (AvgIpc) is 3.24. The molecule has 26 heavy (non-hydrogen) atoms. The van der Waals surface area contributed by atoms with Gasteiger partial charge in [-0.25, -0.2) is 4.98 Å². The van der Waals surface area contributed by atoms with Crippen LogP contribution in [-0.4, -0.2) is 35.5 Å². The number of thioether (sulfide) groups is 2. The Morgan fingerprint density at radius 2 is 1.88 bits per heavy atom. The smallest absolute Gasteiger partial charge is 0.259 e. The van der Waals surface area contributed by atoms with Gasteiger partial charge in [0.2, 0.25) is 0 Å². The van der Waals surface area contributed by atoms with E-state index in [9.17, 15) is 4.79 Å². The zero-order chi connectivity index (χ0) is 17.8. The standard InChI is InChI=1S/C20H23N3OS2/c24-19(17-8-5-9-21-18(17)23-10-2-1-3-11-23)22-16-7-4-6-15(14-16)20-25-12-13-26-20/h4-9,14,20H,1-3,10-13H2,(H,22,24). The first-order valence-electron chi connectivity index (χ1n) is 9.16. The Labute approximate surface area is 163 Å². The van der Waals surface area contributed by atoms with Gasteiger partial charge in [-0.2, -0.15) is 0 Å². The summed E-state index contributed by atoms with van der Waals surface area (Å²) in [5.74, 6) is 3.12. The largest absolute Gasteiger partial charge is 0.356 e. The van der Waals surface area contributed by atoms with E-state index in [1.807, 2.05) is 47.8 Å². The van der Waals surface area contributed by atoms with Crippen molar-refractivity contribution >= 4 is 40.9 Å². The minimum absolute atomic E-state index is 0.0810. The molecule has 2 aliphatic rings. The molecule has 1 N–H and O–H groups in total. The first kappa shape index (κ1) is 17.7. The molecule has 0 unspecified atom stereocenters. The zero-order valence-electron chi connectivity index (χ0n) is 14.7. The van der Waals surface area contributed by atoms with Crippen LogP contribution in [0.4, 0.5) is 11.5 Å². The van der Waals surface area contributed by atoms with E-state index in [1.54, 1.807) is 6.20 Å². The number of carbonyl (C=O) groups excluding carboxylic acids is 1. The third kappa shape index (κ3) is 4.01. The monoisotopic (exact) mass is 385 g/mol. The van der Waals surface area contributed by atoms with Gasteiger partial charge in [-0.15, -0.1) is 23.5 Å². The summed E-state index contributed by atoms with van der Waals surface area (Å²) in [5.41, 5.74) is 2.79. The number of pyridine rings is 1. The van der Waals surface area contributed by atoms with E-state index in [-0.39, 0.29) is 5.91 Å². The van der Waals surface area contributed by atoms with Crippen LogP contribution in [0.25, 0.3) is 0 Å². The number of benzene rings is 1. The number of aromatic nitrogens is 1. The van der Waals surface area contributed by atoms with Crippen molar-refractivity contribution in [2.45, 2.75) is 23.8 Å². The zero-order valence-corrected chi connectivity index (χ0v) is 16.3. The molecule has 3 heterocycles. The van der Waals surface area contributed by atoms with Crippen LogP contribution in [-0.2, 0) is 0 Å². The Morgan fingerprint density at radius 3 is 2.69 bits per heavy atom. The molecule has 2 fully saturated rings. The molecule has 4 nitrogen and oxygen atoms in total. The van der Waals surface area contributed by atoms with Crippen LogP contribution in [0.15, 0.2) is 42.6 Å².